The number of aromatic nitrogens is 3. The van der Waals surface area contributed by atoms with E-state index in [1.165, 1.54) is 11.1 Å². The van der Waals surface area contributed by atoms with Gasteiger partial charge in [0.1, 0.15) is 0 Å². The molecule has 8 heteroatoms. The van der Waals surface area contributed by atoms with Crippen LogP contribution in [0.4, 0.5) is 8.78 Å². The van der Waals surface area contributed by atoms with Gasteiger partial charge >= 0.3 is 0 Å². The molecule has 0 aliphatic rings. The number of hydrogen-bond acceptors (Lipinski definition) is 3. The zero-order valence-electron chi connectivity index (χ0n) is 15.1. The van der Waals surface area contributed by atoms with E-state index >= 15 is 0 Å². The summed E-state index contributed by atoms with van der Waals surface area (Å²) in [5.74, 6) is -2.36. The largest absolute Gasteiger partial charge is 0.334 e. The van der Waals surface area contributed by atoms with Crippen molar-refractivity contribution in [1.29, 1.82) is 0 Å². The first-order valence-electron chi connectivity index (χ1n) is 8.59. The molecule has 142 valence electrons. The second kappa shape index (κ2) is 6.56. The maximum Gasteiger partial charge on any atom is 0.289 e. The zero-order valence-corrected chi connectivity index (χ0v) is 15.1. The van der Waals surface area contributed by atoms with Crippen LogP contribution in [0.15, 0.2) is 47.4 Å². The standard InChI is InChI=1S/C20H16F2N4O2/c1-10(13-9-23-19(27)12-8-15(22)14(21)7-11(12)13)26(2)20(28)18-24-16-5-3-4-6-17(16)25-18/h3-10H,1-2H3,(H,23,27)(H,24,25)/t10-/m1/s1. The number of hydrogen-bond donors (Lipinski definition) is 2. The van der Waals surface area contributed by atoms with Crippen molar-refractivity contribution in [3.8, 4) is 0 Å². The van der Waals surface area contributed by atoms with Crippen LogP contribution in [-0.4, -0.2) is 32.8 Å². The third-order valence-corrected chi connectivity index (χ3v) is 4.92. The van der Waals surface area contributed by atoms with Crippen LogP contribution in [0.25, 0.3) is 21.8 Å². The summed E-state index contributed by atoms with van der Waals surface area (Å²) in [7, 11) is 1.58. The van der Waals surface area contributed by atoms with E-state index in [2.05, 4.69) is 15.0 Å². The minimum atomic E-state index is -1.10. The Kier molecular flexibility index (Phi) is 4.18. The minimum absolute atomic E-state index is 0.0211. The average Bonchev–Trinajstić information content (AvgIpc) is 3.12. The van der Waals surface area contributed by atoms with Gasteiger partial charge in [-0.25, -0.2) is 13.8 Å². The minimum Gasteiger partial charge on any atom is -0.334 e. The Balaban J connectivity index is 1.75. The monoisotopic (exact) mass is 382 g/mol. The molecular weight excluding hydrogens is 366 g/mol. The molecule has 4 aromatic rings. The Morgan fingerprint density at radius 2 is 1.82 bits per heavy atom. The number of para-hydroxylation sites is 2. The van der Waals surface area contributed by atoms with Crippen LogP contribution in [0.3, 0.4) is 0 Å². The first-order valence-corrected chi connectivity index (χ1v) is 8.59. The summed E-state index contributed by atoms with van der Waals surface area (Å²) < 4.78 is 27.4. The number of rotatable bonds is 3. The molecule has 0 aliphatic carbocycles. The number of H-pyrrole nitrogens is 2. The Labute approximate surface area is 157 Å². The van der Waals surface area contributed by atoms with E-state index < -0.39 is 23.2 Å². The number of carbonyl (C=O) groups excluding carboxylic acids is 1. The lowest BCUT2D eigenvalue weighted by molar-refractivity contribution is 0.0732. The third kappa shape index (κ3) is 2.83. The van der Waals surface area contributed by atoms with E-state index in [0.29, 0.717) is 11.1 Å². The maximum absolute atomic E-state index is 13.8. The molecule has 0 saturated carbocycles. The Bertz CT molecular complexity index is 1250. The van der Waals surface area contributed by atoms with Crippen molar-refractivity contribution in [1.82, 2.24) is 19.9 Å². The highest BCUT2D eigenvalue weighted by Crippen LogP contribution is 2.27. The number of imidazole rings is 1. The number of aromatic amines is 2. The quantitative estimate of drug-likeness (QED) is 0.569. The van der Waals surface area contributed by atoms with Gasteiger partial charge in [0.2, 0.25) is 0 Å². The van der Waals surface area contributed by atoms with E-state index in [1.54, 1.807) is 20.0 Å². The maximum atomic E-state index is 13.8. The molecule has 4 rings (SSSR count). The molecule has 1 atom stereocenters. The van der Waals surface area contributed by atoms with Crippen molar-refractivity contribution >= 4 is 27.7 Å². The zero-order chi connectivity index (χ0) is 20.0. The van der Waals surface area contributed by atoms with Crippen molar-refractivity contribution in [2.45, 2.75) is 13.0 Å². The first-order chi connectivity index (χ1) is 13.4. The van der Waals surface area contributed by atoms with Crippen LogP contribution < -0.4 is 5.56 Å². The topological polar surface area (TPSA) is 81.8 Å². The lowest BCUT2D eigenvalue weighted by atomic mass is 10.0. The highest BCUT2D eigenvalue weighted by Gasteiger charge is 2.24. The van der Waals surface area contributed by atoms with Gasteiger partial charge in [0.05, 0.1) is 22.5 Å². The molecule has 2 aromatic carbocycles. The van der Waals surface area contributed by atoms with Gasteiger partial charge in [-0.2, -0.15) is 0 Å². The summed E-state index contributed by atoms with van der Waals surface area (Å²) in [4.78, 5) is 36.1. The predicted octanol–water partition coefficient (Wildman–Crippen LogP) is 3.52. The number of nitrogens with one attached hydrogen (secondary N) is 2. The van der Waals surface area contributed by atoms with Gasteiger partial charge < -0.3 is 14.9 Å². The molecule has 0 fully saturated rings. The molecule has 2 N–H and O–H groups in total. The van der Waals surface area contributed by atoms with E-state index in [0.717, 1.165) is 17.6 Å². The molecule has 0 radical (unpaired) electrons. The fourth-order valence-electron chi connectivity index (χ4n) is 3.22. The smallest absolute Gasteiger partial charge is 0.289 e. The van der Waals surface area contributed by atoms with Crippen molar-refractivity contribution in [2.24, 2.45) is 0 Å². The molecule has 0 saturated heterocycles. The molecule has 0 bridgehead atoms. The van der Waals surface area contributed by atoms with E-state index in [-0.39, 0.29) is 22.5 Å². The summed E-state index contributed by atoms with van der Waals surface area (Å²) in [6, 6.07) is 8.57. The first kappa shape index (κ1) is 17.8. The summed E-state index contributed by atoms with van der Waals surface area (Å²) in [6.07, 6.45) is 1.41. The molecular formula is C20H16F2N4O2. The second-order valence-corrected chi connectivity index (χ2v) is 6.58. The highest BCUT2D eigenvalue weighted by atomic mass is 19.2. The van der Waals surface area contributed by atoms with Gasteiger partial charge in [-0.15, -0.1) is 0 Å². The van der Waals surface area contributed by atoms with Crippen LogP contribution in [0, 0.1) is 11.6 Å². The number of carbonyl (C=O) groups is 1. The average molecular weight is 382 g/mol. The number of benzene rings is 2. The summed E-state index contributed by atoms with van der Waals surface area (Å²) in [5, 5.41) is 0.271. The Hall–Kier alpha value is -3.55. The fraction of sp³-hybridized carbons (Fsp3) is 0.150. The van der Waals surface area contributed by atoms with Crippen LogP contribution in [0.5, 0.6) is 0 Å². The van der Waals surface area contributed by atoms with Gasteiger partial charge in [-0.05, 0) is 42.1 Å². The molecule has 0 aliphatic heterocycles. The summed E-state index contributed by atoms with van der Waals surface area (Å²) in [6.45, 7) is 1.73. The highest BCUT2D eigenvalue weighted by molar-refractivity contribution is 5.94. The van der Waals surface area contributed by atoms with Gasteiger partial charge in [0, 0.05) is 13.2 Å². The van der Waals surface area contributed by atoms with E-state index in [4.69, 9.17) is 0 Å². The van der Waals surface area contributed by atoms with Gasteiger partial charge in [-0.1, -0.05) is 12.1 Å². The van der Waals surface area contributed by atoms with Crippen LogP contribution in [0.1, 0.15) is 29.1 Å². The molecule has 6 nitrogen and oxygen atoms in total. The van der Waals surface area contributed by atoms with Crippen LogP contribution in [0.2, 0.25) is 0 Å². The molecule has 0 unspecified atom stereocenters. The van der Waals surface area contributed by atoms with Crippen molar-refractivity contribution in [2.75, 3.05) is 7.05 Å². The van der Waals surface area contributed by atoms with Crippen molar-refractivity contribution in [3.05, 3.63) is 76.0 Å². The molecule has 1 amide bonds. The van der Waals surface area contributed by atoms with Crippen LogP contribution >= 0.6 is 0 Å². The molecule has 0 spiro atoms. The number of amides is 1. The van der Waals surface area contributed by atoms with E-state index in [1.807, 2.05) is 18.2 Å². The van der Waals surface area contributed by atoms with Crippen molar-refractivity contribution < 1.29 is 13.6 Å². The van der Waals surface area contributed by atoms with Gasteiger partial charge in [0.15, 0.2) is 17.5 Å². The second-order valence-electron chi connectivity index (χ2n) is 6.58. The predicted molar refractivity (Wildman–Crippen MR) is 101 cm³/mol. The molecule has 2 heterocycles. The van der Waals surface area contributed by atoms with Gasteiger partial charge in [-0.3, -0.25) is 9.59 Å². The van der Waals surface area contributed by atoms with Crippen molar-refractivity contribution in [3.63, 3.8) is 0 Å². The number of nitrogens with zero attached hydrogens (tertiary/aromatic N) is 2. The lowest BCUT2D eigenvalue weighted by Crippen LogP contribution is -2.31. The normalized spacial score (nSPS) is 12.4. The fourth-order valence-corrected chi connectivity index (χ4v) is 3.22. The van der Waals surface area contributed by atoms with E-state index in [9.17, 15) is 18.4 Å². The Morgan fingerprint density at radius 3 is 2.54 bits per heavy atom. The van der Waals surface area contributed by atoms with Crippen LogP contribution in [-0.2, 0) is 0 Å². The molecule has 2 aromatic heterocycles. The number of fused-ring (bicyclic) bond motifs is 2. The SMILES string of the molecule is C[C@H](c1c[nH]c(=O)c2cc(F)c(F)cc12)N(C)C(=O)c1nc2ccccc2[nH]1. The third-order valence-electron chi connectivity index (χ3n) is 4.92. The molecule has 28 heavy (non-hydrogen) atoms. The summed E-state index contributed by atoms with van der Waals surface area (Å²) in [5.41, 5.74) is 1.36. The number of pyridine rings is 1. The van der Waals surface area contributed by atoms with Gasteiger partial charge in [0.25, 0.3) is 11.5 Å². The number of halogens is 2. The lowest BCUT2D eigenvalue weighted by Gasteiger charge is -2.25. The Morgan fingerprint density at radius 1 is 1.14 bits per heavy atom. The summed E-state index contributed by atoms with van der Waals surface area (Å²) >= 11 is 0.